The van der Waals surface area contributed by atoms with Gasteiger partial charge in [0.1, 0.15) is 5.82 Å². The molecule has 1 atom stereocenters. The fraction of sp³-hybridized carbons (Fsp3) is 0.591. The first-order chi connectivity index (χ1) is 14.4. The van der Waals surface area contributed by atoms with E-state index >= 15 is 0 Å². The summed E-state index contributed by atoms with van der Waals surface area (Å²) in [6, 6.07) is 2.78. The first-order valence-electron chi connectivity index (χ1n) is 10.8. The number of hydrogen-bond acceptors (Lipinski definition) is 4. The van der Waals surface area contributed by atoms with E-state index in [1.165, 1.54) is 6.07 Å². The molecule has 1 unspecified atom stereocenters. The smallest absolute Gasteiger partial charge is 0.331 e. The summed E-state index contributed by atoms with van der Waals surface area (Å²) in [5, 5.41) is 12.4. The second-order valence-electron chi connectivity index (χ2n) is 8.75. The number of aromatic nitrogens is 2. The Morgan fingerprint density at radius 1 is 1.23 bits per heavy atom. The molecule has 0 saturated heterocycles. The van der Waals surface area contributed by atoms with Gasteiger partial charge in [0.15, 0.2) is 0 Å². The SMILES string of the molecule is CC(CCn1c(=O)c2cc(F)c(NCC3CC3)cc2n(C2CCCC2)c1=O)C(=O)O. The molecule has 2 aliphatic rings. The van der Waals surface area contributed by atoms with E-state index in [-0.39, 0.29) is 24.4 Å². The molecule has 30 heavy (non-hydrogen) atoms. The Labute approximate surface area is 173 Å². The van der Waals surface area contributed by atoms with Crippen molar-refractivity contribution in [3.63, 3.8) is 0 Å². The van der Waals surface area contributed by atoms with Crippen molar-refractivity contribution in [2.24, 2.45) is 11.8 Å². The number of aliphatic carboxylic acids is 1. The van der Waals surface area contributed by atoms with Crippen molar-refractivity contribution in [2.75, 3.05) is 11.9 Å². The number of hydrogen-bond donors (Lipinski definition) is 2. The standard InChI is InChI=1S/C22H28FN3O4/c1-13(21(28)29)8-9-25-20(27)16-10-17(23)18(24-12-14-6-7-14)11-19(16)26(22(25)30)15-4-2-3-5-15/h10-11,13-15,24H,2-9,12H2,1H3,(H,28,29). The summed E-state index contributed by atoms with van der Waals surface area (Å²) in [4.78, 5) is 37.5. The van der Waals surface area contributed by atoms with Crippen LogP contribution < -0.4 is 16.6 Å². The Kier molecular flexibility index (Phi) is 5.66. The van der Waals surface area contributed by atoms with E-state index in [9.17, 15) is 18.8 Å². The molecule has 4 rings (SSSR count). The Morgan fingerprint density at radius 3 is 2.57 bits per heavy atom. The first kappa shape index (κ1) is 20.6. The second kappa shape index (κ2) is 8.24. The molecule has 1 aromatic carbocycles. The zero-order chi connectivity index (χ0) is 21.4. The number of carboxylic acids is 1. The lowest BCUT2D eigenvalue weighted by Gasteiger charge is -2.20. The minimum atomic E-state index is -0.975. The summed E-state index contributed by atoms with van der Waals surface area (Å²) < 4.78 is 17.5. The molecule has 7 nitrogen and oxygen atoms in total. The van der Waals surface area contributed by atoms with Crippen molar-refractivity contribution >= 4 is 22.6 Å². The van der Waals surface area contributed by atoms with Crippen LogP contribution in [0.5, 0.6) is 0 Å². The van der Waals surface area contributed by atoms with Crippen LogP contribution in [-0.4, -0.2) is 26.8 Å². The van der Waals surface area contributed by atoms with Gasteiger partial charge in [0, 0.05) is 19.1 Å². The largest absolute Gasteiger partial charge is 0.481 e. The zero-order valence-electron chi connectivity index (χ0n) is 17.2. The first-order valence-corrected chi connectivity index (χ1v) is 10.8. The van der Waals surface area contributed by atoms with E-state index in [4.69, 9.17) is 5.11 Å². The summed E-state index contributed by atoms with van der Waals surface area (Å²) in [7, 11) is 0. The molecule has 2 fully saturated rings. The Morgan fingerprint density at radius 2 is 1.93 bits per heavy atom. The van der Waals surface area contributed by atoms with Crippen molar-refractivity contribution in [3.8, 4) is 0 Å². The molecule has 1 heterocycles. The second-order valence-corrected chi connectivity index (χ2v) is 8.75. The summed E-state index contributed by atoms with van der Waals surface area (Å²) in [5.74, 6) is -1.61. The monoisotopic (exact) mass is 417 g/mol. The van der Waals surface area contributed by atoms with Gasteiger partial charge < -0.3 is 10.4 Å². The maximum atomic E-state index is 14.8. The molecule has 2 saturated carbocycles. The van der Waals surface area contributed by atoms with E-state index in [1.807, 2.05) is 0 Å². The normalized spacial score (nSPS) is 18.1. The van der Waals surface area contributed by atoms with Crippen molar-refractivity contribution in [1.29, 1.82) is 0 Å². The van der Waals surface area contributed by atoms with Gasteiger partial charge in [-0.15, -0.1) is 0 Å². The minimum Gasteiger partial charge on any atom is -0.481 e. The fourth-order valence-electron chi connectivity index (χ4n) is 4.27. The molecule has 162 valence electrons. The number of benzene rings is 1. The van der Waals surface area contributed by atoms with Crippen LogP contribution in [0.25, 0.3) is 10.9 Å². The Balaban J connectivity index is 1.82. The third-order valence-electron chi connectivity index (χ3n) is 6.43. The van der Waals surface area contributed by atoms with Crippen LogP contribution in [0.15, 0.2) is 21.7 Å². The van der Waals surface area contributed by atoms with Crippen molar-refractivity contribution < 1.29 is 14.3 Å². The highest BCUT2D eigenvalue weighted by Crippen LogP contribution is 2.33. The highest BCUT2D eigenvalue weighted by Gasteiger charge is 2.25. The molecule has 0 aliphatic heterocycles. The molecule has 0 spiro atoms. The third kappa shape index (κ3) is 4.00. The number of halogens is 1. The van der Waals surface area contributed by atoms with E-state index in [2.05, 4.69) is 5.32 Å². The van der Waals surface area contributed by atoms with Gasteiger partial charge in [-0.2, -0.15) is 0 Å². The number of nitrogens with zero attached hydrogens (tertiary/aromatic N) is 2. The van der Waals surface area contributed by atoms with Gasteiger partial charge in [-0.05, 0) is 50.2 Å². The topological polar surface area (TPSA) is 93.3 Å². The number of carboxylic acid groups (broad SMARTS) is 1. The highest BCUT2D eigenvalue weighted by atomic mass is 19.1. The maximum Gasteiger partial charge on any atom is 0.331 e. The van der Waals surface area contributed by atoms with Gasteiger partial charge in [-0.25, -0.2) is 9.18 Å². The molecule has 8 heteroatoms. The molecular weight excluding hydrogens is 389 g/mol. The van der Waals surface area contributed by atoms with E-state index < -0.39 is 29.0 Å². The summed E-state index contributed by atoms with van der Waals surface area (Å²) in [5.41, 5.74) is -0.220. The van der Waals surface area contributed by atoms with Crippen molar-refractivity contribution in [2.45, 2.75) is 64.5 Å². The summed E-state index contributed by atoms with van der Waals surface area (Å²) >= 11 is 0. The van der Waals surface area contributed by atoms with Crippen LogP contribution in [0.2, 0.25) is 0 Å². The molecule has 2 N–H and O–H groups in total. The Hall–Kier alpha value is -2.64. The third-order valence-corrected chi connectivity index (χ3v) is 6.43. The molecule has 2 aliphatic carbocycles. The van der Waals surface area contributed by atoms with E-state index in [1.54, 1.807) is 17.6 Å². The maximum absolute atomic E-state index is 14.8. The average Bonchev–Trinajstić information content (AvgIpc) is 3.39. The molecule has 2 aromatic rings. The van der Waals surface area contributed by atoms with Crippen LogP contribution in [0.3, 0.4) is 0 Å². The van der Waals surface area contributed by atoms with Crippen molar-refractivity contribution in [3.05, 3.63) is 38.8 Å². The van der Waals surface area contributed by atoms with Crippen LogP contribution in [0.1, 0.15) is 57.9 Å². The van der Waals surface area contributed by atoms with Crippen LogP contribution in [-0.2, 0) is 11.3 Å². The quantitative estimate of drug-likeness (QED) is 0.687. The molecule has 0 radical (unpaired) electrons. The van der Waals surface area contributed by atoms with Crippen LogP contribution in [0, 0.1) is 17.7 Å². The van der Waals surface area contributed by atoms with Gasteiger partial charge in [0.05, 0.1) is 22.5 Å². The van der Waals surface area contributed by atoms with E-state index in [0.717, 1.165) is 43.1 Å². The highest BCUT2D eigenvalue weighted by molar-refractivity contribution is 5.82. The lowest BCUT2D eigenvalue weighted by atomic mass is 10.1. The minimum absolute atomic E-state index is 0.00288. The number of anilines is 1. The van der Waals surface area contributed by atoms with Crippen LogP contribution in [0.4, 0.5) is 10.1 Å². The number of rotatable bonds is 8. The molecular formula is C22H28FN3O4. The summed E-state index contributed by atoms with van der Waals surface area (Å²) in [6.07, 6.45) is 6.10. The van der Waals surface area contributed by atoms with Gasteiger partial charge in [-0.1, -0.05) is 19.8 Å². The number of nitrogens with one attached hydrogen (secondary N) is 1. The van der Waals surface area contributed by atoms with Crippen molar-refractivity contribution in [1.82, 2.24) is 9.13 Å². The lowest BCUT2D eigenvalue weighted by molar-refractivity contribution is -0.141. The Bertz CT molecular complexity index is 1080. The van der Waals surface area contributed by atoms with Gasteiger partial charge in [0.2, 0.25) is 0 Å². The van der Waals surface area contributed by atoms with Crippen LogP contribution >= 0.6 is 0 Å². The molecule has 1 aromatic heterocycles. The lowest BCUT2D eigenvalue weighted by Crippen LogP contribution is -2.41. The molecule has 0 bridgehead atoms. The van der Waals surface area contributed by atoms with Gasteiger partial charge >= 0.3 is 11.7 Å². The predicted octanol–water partition coefficient (Wildman–Crippen LogP) is 3.35. The number of fused-ring (bicyclic) bond motifs is 1. The fourth-order valence-corrected chi connectivity index (χ4v) is 4.27. The average molecular weight is 417 g/mol. The van der Waals surface area contributed by atoms with Gasteiger partial charge in [0.25, 0.3) is 5.56 Å². The molecule has 0 amide bonds. The van der Waals surface area contributed by atoms with E-state index in [0.29, 0.717) is 23.7 Å². The summed E-state index contributed by atoms with van der Waals surface area (Å²) in [6.45, 7) is 2.22. The predicted molar refractivity (Wildman–Crippen MR) is 113 cm³/mol. The zero-order valence-corrected chi connectivity index (χ0v) is 17.2. The van der Waals surface area contributed by atoms with Gasteiger partial charge in [-0.3, -0.25) is 18.7 Å². The number of carbonyl (C=O) groups is 1.